The zero-order valence-electron chi connectivity index (χ0n) is 19.3. The van der Waals surface area contributed by atoms with E-state index in [9.17, 15) is 24.0 Å². The van der Waals surface area contributed by atoms with E-state index >= 15 is 0 Å². The summed E-state index contributed by atoms with van der Waals surface area (Å²) in [6.45, 7) is 3.41. The second kappa shape index (κ2) is 9.85. The Hall–Kier alpha value is -4.13. The van der Waals surface area contributed by atoms with Gasteiger partial charge < -0.3 is 24.7 Å². The molecule has 1 aromatic heterocycles. The highest BCUT2D eigenvalue weighted by Gasteiger charge is 2.35. The molecule has 0 spiro atoms. The van der Waals surface area contributed by atoms with Crippen LogP contribution in [0.4, 0.5) is 5.69 Å². The van der Waals surface area contributed by atoms with Gasteiger partial charge in [0.1, 0.15) is 5.75 Å². The highest BCUT2D eigenvalue weighted by molar-refractivity contribution is 7.81. The zero-order valence-corrected chi connectivity index (χ0v) is 20.1. The van der Waals surface area contributed by atoms with E-state index in [1.165, 1.54) is 36.7 Å². The number of hydrazone groups is 1. The number of nitrogens with two attached hydrogens (primary N) is 1. The molecule has 4 rings (SSSR count). The molecule has 0 saturated heterocycles. The summed E-state index contributed by atoms with van der Waals surface area (Å²) in [5.74, 6) is -1.07. The largest absolute Gasteiger partial charge is 0.399 e. The summed E-state index contributed by atoms with van der Waals surface area (Å²) in [5.41, 5.74) is 5.96. The van der Waals surface area contributed by atoms with Crippen LogP contribution in [0, 0.1) is 0 Å². The summed E-state index contributed by atoms with van der Waals surface area (Å²) >= 11 is -1.79. The Morgan fingerprint density at radius 2 is 1.81 bits per heavy atom. The van der Waals surface area contributed by atoms with E-state index in [0.717, 1.165) is 5.01 Å². The van der Waals surface area contributed by atoms with Gasteiger partial charge >= 0.3 is 0 Å². The van der Waals surface area contributed by atoms with Crippen molar-refractivity contribution in [1.82, 2.24) is 9.55 Å². The lowest BCUT2D eigenvalue weighted by Crippen LogP contribution is -2.33. The van der Waals surface area contributed by atoms with Crippen molar-refractivity contribution in [3.8, 4) is 5.75 Å². The molecule has 12 heteroatoms. The van der Waals surface area contributed by atoms with Gasteiger partial charge in [-0.2, -0.15) is 10.1 Å². The Bertz CT molecular complexity index is 1380. The molecule has 4 N–H and O–H groups in total. The Kier molecular flexibility index (Phi) is 6.84. The van der Waals surface area contributed by atoms with Crippen molar-refractivity contribution in [2.75, 3.05) is 5.01 Å². The van der Waals surface area contributed by atoms with Gasteiger partial charge in [0.2, 0.25) is 11.1 Å². The summed E-state index contributed by atoms with van der Waals surface area (Å²) in [5, 5.41) is 23.6. The predicted molar refractivity (Wildman–Crippen MR) is 132 cm³/mol. The molecule has 0 radical (unpaired) electrons. The number of rotatable bonds is 8. The molecular formula is C24H23N5O6S. The molecule has 1 aliphatic heterocycles. The number of aliphatic hydroxyl groups excluding tert-OH is 1. The van der Waals surface area contributed by atoms with Crippen LogP contribution < -0.4 is 14.9 Å². The Morgan fingerprint density at radius 3 is 2.42 bits per heavy atom. The number of carbonyl (C=O) groups excluding carboxylic acids is 2. The van der Waals surface area contributed by atoms with Crippen molar-refractivity contribution in [1.29, 1.82) is 0 Å². The third-order valence-corrected chi connectivity index (χ3v) is 6.76. The van der Waals surface area contributed by atoms with Crippen molar-refractivity contribution in [2.24, 2.45) is 10.8 Å². The first-order valence-corrected chi connectivity index (χ1v) is 11.8. The van der Waals surface area contributed by atoms with Gasteiger partial charge in [-0.15, -0.1) is 0 Å². The van der Waals surface area contributed by atoms with Crippen LogP contribution in [0.5, 0.6) is 5.75 Å². The Morgan fingerprint density at radius 1 is 1.14 bits per heavy atom. The molecule has 2 amide bonds. The Labute approximate surface area is 208 Å². The predicted octanol–water partition coefficient (Wildman–Crippen LogP) is 1.57. The van der Waals surface area contributed by atoms with Crippen LogP contribution in [-0.2, 0) is 25.5 Å². The van der Waals surface area contributed by atoms with Gasteiger partial charge in [0.05, 0.1) is 23.3 Å². The van der Waals surface area contributed by atoms with Gasteiger partial charge in [-0.3, -0.25) is 9.59 Å². The summed E-state index contributed by atoms with van der Waals surface area (Å²) < 4.78 is 20.0. The van der Waals surface area contributed by atoms with Crippen molar-refractivity contribution in [3.63, 3.8) is 0 Å². The first-order valence-electron chi connectivity index (χ1n) is 10.7. The second-order valence-electron chi connectivity index (χ2n) is 8.24. The van der Waals surface area contributed by atoms with Crippen LogP contribution >= 0.6 is 0 Å². The van der Waals surface area contributed by atoms with E-state index in [-0.39, 0.29) is 16.8 Å². The smallest absolute Gasteiger partial charge is 0.281 e. The van der Waals surface area contributed by atoms with Crippen LogP contribution in [0.25, 0.3) is 6.08 Å². The lowest BCUT2D eigenvalue weighted by molar-refractivity contribution is -0.115. The summed E-state index contributed by atoms with van der Waals surface area (Å²) in [4.78, 5) is 28.3. The summed E-state index contributed by atoms with van der Waals surface area (Å²) in [6.07, 6.45) is 2.70. The van der Waals surface area contributed by atoms with E-state index in [4.69, 9.17) is 9.92 Å². The standard InChI is InChI=1S/C24H23N5O6S/c1-24(2,36(34)35-18-6-4-3-5-7-18)28-13-16(26-14-28)12-19-20(21(25)30)27-29(22(19)31)17-10-8-15(9-11-17)23(32)33/h3-14,23,32-33H,1-2H3,(H2,25,30). The van der Waals surface area contributed by atoms with Gasteiger partial charge in [-0.25, -0.2) is 9.19 Å². The molecule has 0 fully saturated rings. The fourth-order valence-electron chi connectivity index (χ4n) is 3.30. The topological polar surface area (TPSA) is 160 Å². The maximum Gasteiger partial charge on any atom is 0.281 e. The fraction of sp³-hybridized carbons (Fsp3) is 0.167. The van der Waals surface area contributed by atoms with Gasteiger partial charge in [0, 0.05) is 11.8 Å². The molecule has 0 bridgehead atoms. The van der Waals surface area contributed by atoms with Crippen molar-refractivity contribution >= 4 is 40.4 Å². The highest BCUT2D eigenvalue weighted by Crippen LogP contribution is 2.28. The molecule has 186 valence electrons. The lowest BCUT2D eigenvalue weighted by atomic mass is 10.1. The molecule has 1 unspecified atom stereocenters. The fourth-order valence-corrected chi connectivity index (χ4v) is 4.06. The number of benzene rings is 2. The van der Waals surface area contributed by atoms with E-state index in [1.54, 1.807) is 48.9 Å². The molecule has 11 nitrogen and oxygen atoms in total. The number of para-hydroxylation sites is 1. The van der Waals surface area contributed by atoms with Crippen LogP contribution in [0.1, 0.15) is 31.4 Å². The van der Waals surface area contributed by atoms with Gasteiger partial charge in [0.15, 0.2) is 16.9 Å². The van der Waals surface area contributed by atoms with Crippen LogP contribution in [0.2, 0.25) is 0 Å². The minimum atomic E-state index is -1.79. The van der Waals surface area contributed by atoms with Crippen LogP contribution in [0.3, 0.4) is 0 Å². The zero-order chi connectivity index (χ0) is 26.0. The van der Waals surface area contributed by atoms with Gasteiger partial charge in [-0.05, 0) is 44.2 Å². The average molecular weight is 510 g/mol. The van der Waals surface area contributed by atoms with Gasteiger partial charge in [0.25, 0.3) is 11.8 Å². The van der Waals surface area contributed by atoms with Gasteiger partial charge in [-0.1, -0.05) is 30.3 Å². The number of primary amides is 1. The first kappa shape index (κ1) is 25.0. The number of amides is 2. The number of nitrogens with zero attached hydrogens (tertiary/aromatic N) is 4. The minimum Gasteiger partial charge on any atom is -0.399 e. The number of carbonyl (C=O) groups is 2. The van der Waals surface area contributed by atoms with Crippen LogP contribution in [-0.4, -0.2) is 41.5 Å². The SMILES string of the molecule is CC(C)(n1cnc(C=C2C(=O)N(c3ccc(C(O)O)cc3)N=C2C(N)=O)c1)S(=O)Oc1ccccc1. The highest BCUT2D eigenvalue weighted by atomic mass is 32.2. The monoisotopic (exact) mass is 509 g/mol. The molecule has 1 atom stereocenters. The molecule has 3 aromatic rings. The van der Waals surface area contributed by atoms with Crippen molar-refractivity contribution < 1.29 is 28.2 Å². The number of imidazole rings is 1. The molecule has 0 saturated carbocycles. The third kappa shape index (κ3) is 4.96. The van der Waals surface area contributed by atoms with E-state index in [1.807, 2.05) is 6.07 Å². The third-order valence-electron chi connectivity index (χ3n) is 5.39. The molecule has 2 heterocycles. The quantitative estimate of drug-likeness (QED) is 0.307. The number of hydrogen-bond acceptors (Lipinski definition) is 8. The van der Waals surface area contributed by atoms with Crippen molar-refractivity contribution in [2.45, 2.75) is 25.0 Å². The number of anilines is 1. The van der Waals surface area contributed by atoms with Crippen LogP contribution in [0.15, 0.2) is 77.8 Å². The summed E-state index contributed by atoms with van der Waals surface area (Å²) in [7, 11) is 0. The van der Waals surface area contributed by atoms with Crippen molar-refractivity contribution in [3.05, 3.63) is 84.0 Å². The number of hydrogen-bond donors (Lipinski definition) is 3. The number of aromatic nitrogens is 2. The lowest BCUT2D eigenvalue weighted by Gasteiger charge is -2.24. The Balaban J connectivity index is 1.59. The molecule has 2 aromatic carbocycles. The molecule has 1 aliphatic rings. The first-order chi connectivity index (χ1) is 17.1. The average Bonchev–Trinajstić information content (AvgIpc) is 3.45. The summed E-state index contributed by atoms with van der Waals surface area (Å²) in [6, 6.07) is 14.5. The van der Waals surface area contributed by atoms with E-state index in [2.05, 4.69) is 10.1 Å². The molecule has 36 heavy (non-hydrogen) atoms. The molecule has 0 aliphatic carbocycles. The molecular weight excluding hydrogens is 486 g/mol. The normalized spacial score (nSPS) is 15.9. The maximum absolute atomic E-state index is 13.1. The maximum atomic E-state index is 13.1. The second-order valence-corrected chi connectivity index (χ2v) is 9.87. The van der Waals surface area contributed by atoms with E-state index in [0.29, 0.717) is 17.1 Å². The number of aliphatic hydroxyl groups is 2. The minimum absolute atomic E-state index is 0.0708. The van der Waals surface area contributed by atoms with E-state index < -0.39 is 34.1 Å².